The molecular weight excluding hydrogens is 446 g/mol. The van der Waals surface area contributed by atoms with Gasteiger partial charge in [0.2, 0.25) is 0 Å². The molecule has 7 heteroatoms. The van der Waals surface area contributed by atoms with Gasteiger partial charge in [0.25, 0.3) is 5.95 Å². The van der Waals surface area contributed by atoms with Gasteiger partial charge in [0, 0.05) is 12.0 Å². The Bertz CT molecular complexity index is 1250. The van der Waals surface area contributed by atoms with E-state index in [1.807, 2.05) is 26.8 Å². The second kappa shape index (κ2) is 11.4. The number of nitrogens with zero attached hydrogens (tertiary/aromatic N) is 1. The lowest BCUT2D eigenvalue weighted by atomic mass is 10.0. The fraction of sp³-hybridized carbons (Fsp3) is 0.321. The van der Waals surface area contributed by atoms with Gasteiger partial charge in [0.05, 0.1) is 25.0 Å². The van der Waals surface area contributed by atoms with E-state index in [1.165, 1.54) is 7.11 Å². The molecule has 1 aromatic carbocycles. The van der Waals surface area contributed by atoms with Crippen LogP contribution in [-0.4, -0.2) is 18.9 Å². The van der Waals surface area contributed by atoms with Crippen molar-refractivity contribution in [3.05, 3.63) is 103 Å². The Morgan fingerprint density at radius 3 is 2.37 bits per heavy atom. The molecule has 0 unspecified atom stereocenters. The molecule has 0 spiro atoms. The molecule has 1 aromatic heterocycles. The summed E-state index contributed by atoms with van der Waals surface area (Å²) in [6.45, 7) is 10.0. The van der Waals surface area contributed by atoms with Gasteiger partial charge in [0.15, 0.2) is 5.43 Å². The molecule has 1 fully saturated rings. The molecule has 2 aromatic rings. The molecule has 1 saturated heterocycles. The van der Waals surface area contributed by atoms with Crippen LogP contribution in [-0.2, 0) is 4.74 Å². The van der Waals surface area contributed by atoms with Crippen molar-refractivity contribution in [1.82, 2.24) is 0 Å². The van der Waals surface area contributed by atoms with Gasteiger partial charge in [0.1, 0.15) is 11.9 Å². The van der Waals surface area contributed by atoms with Crippen LogP contribution in [0.4, 0.5) is 5.69 Å². The molecule has 0 bridgehead atoms. The highest BCUT2D eigenvalue weighted by Gasteiger charge is 2.28. The number of anilines is 1. The highest BCUT2D eigenvalue weighted by atomic mass is 16.8. The highest BCUT2D eigenvalue weighted by Crippen LogP contribution is 2.35. The zero-order chi connectivity index (χ0) is 25.7. The van der Waals surface area contributed by atoms with E-state index in [0.717, 1.165) is 27.9 Å². The van der Waals surface area contributed by atoms with Gasteiger partial charge >= 0.3 is 0 Å². The van der Waals surface area contributed by atoms with E-state index in [4.69, 9.17) is 19.1 Å². The fourth-order valence-corrected chi connectivity index (χ4v) is 4.20. The summed E-state index contributed by atoms with van der Waals surface area (Å²) >= 11 is 0. The number of methoxy groups -OCH3 is 1. The molecule has 7 nitrogen and oxygen atoms in total. The quantitative estimate of drug-likeness (QED) is 0.366. The van der Waals surface area contributed by atoms with Crippen molar-refractivity contribution in [1.29, 1.82) is 0 Å². The van der Waals surface area contributed by atoms with Crippen molar-refractivity contribution in [3.8, 4) is 5.95 Å². The monoisotopic (exact) mass is 478 g/mol. The van der Waals surface area contributed by atoms with Gasteiger partial charge in [-0.15, -0.1) is 0 Å². The number of rotatable bonds is 7. The second-order valence-corrected chi connectivity index (χ2v) is 8.87. The maximum absolute atomic E-state index is 12.5. The predicted molar refractivity (Wildman–Crippen MR) is 138 cm³/mol. The number of ether oxygens (including phenoxy) is 2. The van der Waals surface area contributed by atoms with E-state index in [-0.39, 0.29) is 28.4 Å². The summed E-state index contributed by atoms with van der Waals surface area (Å²) in [7, 11) is 1.49. The van der Waals surface area contributed by atoms with Crippen LogP contribution >= 0.6 is 0 Å². The Balaban J connectivity index is 1.71. The number of allylic oxidation sites excluding steroid dienone is 6. The third-order valence-electron chi connectivity index (χ3n) is 5.81. The topological polar surface area (TPSA) is 95.2 Å². The van der Waals surface area contributed by atoms with E-state index < -0.39 is 0 Å². The molecule has 3 rings (SSSR count). The average molecular weight is 479 g/mol. The molecule has 2 heterocycles. The summed E-state index contributed by atoms with van der Waals surface area (Å²) < 4.78 is 17.0. The van der Waals surface area contributed by atoms with Crippen LogP contribution in [0.3, 0.4) is 0 Å². The molecule has 0 amide bonds. The summed E-state index contributed by atoms with van der Waals surface area (Å²) in [5, 5.41) is 19.7. The van der Waals surface area contributed by atoms with Gasteiger partial charge in [-0.1, -0.05) is 53.2 Å². The molecule has 0 aliphatic carbocycles. The standard InChI is InChI=1S/C28H32NO6/c1-17(11-18(2)13-22-7-9-24(10-8-22)29(31)32)12-19(3)14-23-15-25(34-16-23)27-20(4)26(30)21(5)28(33-6)35-27/h7-14,25,31H,15-16H2,1-6H3/q-1/b17-11+,18-13+,19-12+,23-14-/t25-/m1/s1. The van der Waals surface area contributed by atoms with E-state index in [0.29, 0.717) is 29.9 Å². The maximum Gasteiger partial charge on any atom is 0.291 e. The number of hydrogen-bond acceptors (Lipinski definition) is 7. The lowest BCUT2D eigenvalue weighted by Crippen LogP contribution is -2.15. The van der Waals surface area contributed by atoms with Gasteiger partial charge in [-0.2, -0.15) is 0 Å². The molecule has 0 radical (unpaired) electrons. The molecule has 1 aliphatic rings. The van der Waals surface area contributed by atoms with Crippen LogP contribution in [0.5, 0.6) is 5.95 Å². The Hall–Kier alpha value is -3.39. The van der Waals surface area contributed by atoms with Crippen LogP contribution in [0.1, 0.15) is 55.7 Å². The van der Waals surface area contributed by atoms with Gasteiger partial charge in [-0.3, -0.25) is 10.0 Å². The molecular formula is C28H32NO6-. The first-order valence-electron chi connectivity index (χ1n) is 11.4. The smallest absolute Gasteiger partial charge is 0.291 e. The summed E-state index contributed by atoms with van der Waals surface area (Å²) in [6.07, 6.45) is 8.62. The number of benzene rings is 1. The normalized spacial score (nSPS) is 18.3. The Morgan fingerprint density at radius 1 is 1.09 bits per heavy atom. The van der Waals surface area contributed by atoms with E-state index >= 15 is 0 Å². The van der Waals surface area contributed by atoms with Crippen molar-refractivity contribution >= 4 is 11.8 Å². The zero-order valence-corrected chi connectivity index (χ0v) is 21.0. The molecule has 1 atom stereocenters. The van der Waals surface area contributed by atoms with Crippen molar-refractivity contribution in [2.24, 2.45) is 0 Å². The Labute approximate surface area is 205 Å². The minimum absolute atomic E-state index is 0.0823. The van der Waals surface area contributed by atoms with Crippen LogP contribution in [0.25, 0.3) is 6.08 Å². The highest BCUT2D eigenvalue weighted by molar-refractivity contribution is 5.59. The predicted octanol–water partition coefficient (Wildman–Crippen LogP) is 6.34. The first kappa shape index (κ1) is 26.2. The van der Waals surface area contributed by atoms with E-state index in [2.05, 4.69) is 18.2 Å². The van der Waals surface area contributed by atoms with Gasteiger partial charge < -0.3 is 24.3 Å². The second-order valence-electron chi connectivity index (χ2n) is 8.87. The van der Waals surface area contributed by atoms with Crippen molar-refractivity contribution in [3.63, 3.8) is 0 Å². The largest absolute Gasteiger partial charge is 0.733 e. The molecule has 35 heavy (non-hydrogen) atoms. The van der Waals surface area contributed by atoms with Gasteiger partial charge in [-0.05, 0) is 57.9 Å². The first-order chi connectivity index (χ1) is 16.6. The zero-order valence-electron chi connectivity index (χ0n) is 21.0. The summed E-state index contributed by atoms with van der Waals surface area (Å²) in [5.74, 6) is 0.753. The van der Waals surface area contributed by atoms with Gasteiger partial charge in [-0.25, -0.2) is 0 Å². The lowest BCUT2D eigenvalue weighted by Gasteiger charge is -2.21. The molecule has 186 valence electrons. The number of hydrogen-bond donors (Lipinski definition) is 1. The third kappa shape index (κ3) is 6.60. The first-order valence-corrected chi connectivity index (χ1v) is 11.4. The minimum atomic E-state index is -0.316. The fourth-order valence-electron chi connectivity index (χ4n) is 4.20. The Morgan fingerprint density at radius 2 is 1.74 bits per heavy atom. The minimum Gasteiger partial charge on any atom is -0.733 e. The van der Waals surface area contributed by atoms with Crippen LogP contribution in [0.2, 0.25) is 0 Å². The molecule has 0 saturated carbocycles. The SMILES string of the molecule is COc1oc([C@H]2C/C(=C/C(C)=C/C(C)=C/C(C)=C/c3ccc(N([O-])O)cc3)CO2)c(C)c(=O)c1C. The van der Waals surface area contributed by atoms with Crippen molar-refractivity contribution in [2.45, 2.75) is 47.1 Å². The molecule has 1 aliphatic heterocycles. The van der Waals surface area contributed by atoms with E-state index in [1.54, 1.807) is 38.1 Å². The summed E-state index contributed by atoms with van der Waals surface area (Å²) in [5.41, 5.74) is 6.42. The maximum atomic E-state index is 12.5. The molecule has 1 N–H and O–H groups in total. The summed E-state index contributed by atoms with van der Waals surface area (Å²) in [4.78, 5) is 12.5. The van der Waals surface area contributed by atoms with Crippen LogP contribution in [0.15, 0.2) is 74.0 Å². The third-order valence-corrected chi connectivity index (χ3v) is 5.81. The lowest BCUT2D eigenvalue weighted by molar-refractivity contribution is 0.0880. The Kier molecular flexibility index (Phi) is 8.51. The van der Waals surface area contributed by atoms with Crippen LogP contribution < -0.4 is 15.4 Å². The van der Waals surface area contributed by atoms with Crippen molar-refractivity contribution < 1.29 is 19.1 Å². The van der Waals surface area contributed by atoms with Crippen molar-refractivity contribution in [2.75, 3.05) is 18.9 Å². The average Bonchev–Trinajstić information content (AvgIpc) is 3.25. The summed E-state index contributed by atoms with van der Waals surface area (Å²) in [6, 6.07) is 6.68. The van der Waals surface area contributed by atoms with Crippen LogP contribution in [0, 0.1) is 19.1 Å². The van der Waals surface area contributed by atoms with E-state index in [9.17, 15) is 10.0 Å².